The summed E-state index contributed by atoms with van der Waals surface area (Å²) in [6, 6.07) is 14.7. The minimum absolute atomic E-state index is 0.145. The van der Waals surface area contributed by atoms with Gasteiger partial charge >= 0.3 is 0 Å². The van der Waals surface area contributed by atoms with Gasteiger partial charge in [0.25, 0.3) is 0 Å². The van der Waals surface area contributed by atoms with Gasteiger partial charge in [0, 0.05) is 21.7 Å². The van der Waals surface area contributed by atoms with Crippen LogP contribution in [-0.2, 0) is 12.2 Å². The van der Waals surface area contributed by atoms with Crippen molar-refractivity contribution >= 4 is 23.4 Å². The van der Waals surface area contributed by atoms with Crippen LogP contribution in [0, 0.1) is 6.92 Å². The summed E-state index contributed by atoms with van der Waals surface area (Å²) in [5.74, 6) is 0.972. The summed E-state index contributed by atoms with van der Waals surface area (Å²) in [4.78, 5) is 1.27. The third kappa shape index (κ3) is 4.27. The lowest BCUT2D eigenvalue weighted by Crippen LogP contribution is -2.18. The molecule has 0 aliphatic heterocycles. The first-order valence-corrected chi connectivity index (χ1v) is 8.14. The molecule has 0 amide bonds. The molecule has 2 aromatic rings. The summed E-state index contributed by atoms with van der Waals surface area (Å²) < 4.78 is 0. The van der Waals surface area contributed by atoms with E-state index in [-0.39, 0.29) is 6.04 Å². The van der Waals surface area contributed by atoms with E-state index in [4.69, 9.17) is 17.3 Å². The molecule has 0 spiro atoms. The molecule has 3 heteroatoms. The third-order valence-electron chi connectivity index (χ3n) is 3.21. The predicted molar refractivity (Wildman–Crippen MR) is 89.5 cm³/mol. The summed E-state index contributed by atoms with van der Waals surface area (Å²) in [5.41, 5.74) is 9.87. The highest BCUT2D eigenvalue weighted by Gasteiger charge is 2.08. The lowest BCUT2D eigenvalue weighted by atomic mass is 10.1. The van der Waals surface area contributed by atoms with Gasteiger partial charge in [-0.15, -0.1) is 11.8 Å². The van der Waals surface area contributed by atoms with E-state index in [1.165, 1.54) is 21.6 Å². The molecule has 0 bridgehead atoms. The van der Waals surface area contributed by atoms with Crippen LogP contribution in [0.25, 0.3) is 0 Å². The number of hydrogen-bond acceptors (Lipinski definition) is 2. The van der Waals surface area contributed by atoms with Crippen molar-refractivity contribution in [2.45, 2.75) is 37.0 Å². The fourth-order valence-corrected chi connectivity index (χ4v) is 3.44. The Balaban J connectivity index is 2.15. The van der Waals surface area contributed by atoms with E-state index in [1.807, 2.05) is 30.8 Å². The third-order valence-corrected chi connectivity index (χ3v) is 4.61. The van der Waals surface area contributed by atoms with E-state index in [0.717, 1.165) is 17.2 Å². The van der Waals surface area contributed by atoms with E-state index in [0.29, 0.717) is 0 Å². The maximum absolute atomic E-state index is 6.09. The summed E-state index contributed by atoms with van der Waals surface area (Å²) in [6.07, 6.45) is 0.858. The average molecular weight is 306 g/mol. The second-order valence-electron chi connectivity index (χ2n) is 5.15. The van der Waals surface area contributed by atoms with Crippen LogP contribution in [0.1, 0.15) is 23.6 Å². The lowest BCUT2D eigenvalue weighted by Gasteiger charge is -2.12. The van der Waals surface area contributed by atoms with Crippen LogP contribution in [0.5, 0.6) is 0 Å². The fourth-order valence-electron chi connectivity index (χ4n) is 2.12. The van der Waals surface area contributed by atoms with Crippen LogP contribution in [0.3, 0.4) is 0 Å². The summed E-state index contributed by atoms with van der Waals surface area (Å²) in [6.45, 7) is 4.18. The second-order valence-corrected chi connectivity index (χ2v) is 6.60. The molecule has 0 aliphatic carbocycles. The van der Waals surface area contributed by atoms with Crippen LogP contribution in [-0.4, -0.2) is 6.04 Å². The van der Waals surface area contributed by atoms with Gasteiger partial charge in [-0.1, -0.05) is 35.9 Å². The molecular weight excluding hydrogens is 286 g/mol. The van der Waals surface area contributed by atoms with Crippen LogP contribution in [0.2, 0.25) is 5.02 Å². The van der Waals surface area contributed by atoms with Crippen LogP contribution in [0.15, 0.2) is 47.4 Å². The molecule has 0 heterocycles. The first-order valence-electron chi connectivity index (χ1n) is 6.77. The van der Waals surface area contributed by atoms with Crippen LogP contribution >= 0.6 is 23.4 Å². The van der Waals surface area contributed by atoms with Crippen molar-refractivity contribution in [3.8, 4) is 0 Å². The molecule has 2 aromatic carbocycles. The van der Waals surface area contributed by atoms with Gasteiger partial charge in [0.1, 0.15) is 0 Å². The first kappa shape index (κ1) is 15.4. The zero-order valence-corrected chi connectivity index (χ0v) is 13.5. The van der Waals surface area contributed by atoms with Gasteiger partial charge in [0.15, 0.2) is 0 Å². The Hall–Kier alpha value is -0.960. The molecule has 1 unspecified atom stereocenters. The van der Waals surface area contributed by atoms with Crippen LogP contribution in [0.4, 0.5) is 0 Å². The smallest absolute Gasteiger partial charge is 0.0409 e. The normalized spacial score (nSPS) is 12.4. The van der Waals surface area contributed by atoms with Crippen LogP contribution < -0.4 is 5.73 Å². The summed E-state index contributed by atoms with van der Waals surface area (Å²) in [5, 5.41) is 0.779. The molecule has 1 nitrogen and oxygen atoms in total. The maximum Gasteiger partial charge on any atom is 0.0409 e. The molecule has 0 saturated carbocycles. The first-order chi connectivity index (χ1) is 9.56. The quantitative estimate of drug-likeness (QED) is 0.801. The van der Waals surface area contributed by atoms with Crippen molar-refractivity contribution in [2.24, 2.45) is 5.73 Å². The van der Waals surface area contributed by atoms with E-state index in [2.05, 4.69) is 37.3 Å². The molecule has 1 atom stereocenters. The van der Waals surface area contributed by atoms with E-state index < -0.39 is 0 Å². The largest absolute Gasteiger partial charge is 0.328 e. The van der Waals surface area contributed by atoms with Gasteiger partial charge in [0.05, 0.1) is 0 Å². The zero-order chi connectivity index (χ0) is 14.5. The Morgan fingerprint density at radius 2 is 1.90 bits per heavy atom. The number of aryl methyl sites for hydroxylation is 1. The predicted octanol–water partition coefficient (Wildman–Crippen LogP) is 4.83. The molecule has 0 radical (unpaired) electrons. The van der Waals surface area contributed by atoms with Gasteiger partial charge in [-0.05, 0) is 55.2 Å². The number of benzene rings is 2. The van der Waals surface area contributed by atoms with Crippen molar-refractivity contribution in [1.82, 2.24) is 0 Å². The highest BCUT2D eigenvalue weighted by Crippen LogP contribution is 2.30. The van der Waals surface area contributed by atoms with Gasteiger partial charge in [-0.2, -0.15) is 0 Å². The number of hydrogen-bond donors (Lipinski definition) is 1. The number of rotatable bonds is 5. The van der Waals surface area contributed by atoms with E-state index >= 15 is 0 Å². The molecule has 0 aliphatic rings. The summed E-state index contributed by atoms with van der Waals surface area (Å²) >= 11 is 7.94. The van der Waals surface area contributed by atoms with Crippen molar-refractivity contribution < 1.29 is 0 Å². The Kier molecular flexibility index (Phi) is 5.53. The van der Waals surface area contributed by atoms with Crippen molar-refractivity contribution in [2.75, 3.05) is 0 Å². The topological polar surface area (TPSA) is 26.0 Å². The summed E-state index contributed by atoms with van der Waals surface area (Å²) in [7, 11) is 0. The standard InChI is InChI=1S/C17H20ClNS/c1-12-5-3-4-6-14(12)11-20-17-8-7-16(18)10-15(17)9-13(2)19/h3-8,10,13H,9,11,19H2,1-2H3. The fraction of sp³-hybridized carbons (Fsp3) is 0.294. The van der Waals surface area contributed by atoms with Crippen molar-refractivity contribution in [1.29, 1.82) is 0 Å². The minimum Gasteiger partial charge on any atom is -0.328 e. The highest BCUT2D eigenvalue weighted by molar-refractivity contribution is 7.98. The minimum atomic E-state index is 0.145. The Bertz CT molecular complexity index is 581. The SMILES string of the molecule is Cc1ccccc1CSc1ccc(Cl)cc1CC(C)N. The maximum atomic E-state index is 6.09. The van der Waals surface area contributed by atoms with E-state index in [1.54, 1.807) is 0 Å². The Morgan fingerprint density at radius 1 is 1.15 bits per heavy atom. The second kappa shape index (κ2) is 7.16. The average Bonchev–Trinajstić information content (AvgIpc) is 2.39. The molecule has 2 rings (SSSR count). The van der Waals surface area contributed by atoms with Crippen molar-refractivity contribution in [3.63, 3.8) is 0 Å². The molecule has 0 fully saturated rings. The number of nitrogens with two attached hydrogens (primary N) is 1. The lowest BCUT2D eigenvalue weighted by molar-refractivity contribution is 0.729. The zero-order valence-electron chi connectivity index (χ0n) is 11.9. The van der Waals surface area contributed by atoms with Gasteiger partial charge in [-0.3, -0.25) is 0 Å². The number of thioether (sulfide) groups is 1. The highest BCUT2D eigenvalue weighted by atomic mass is 35.5. The van der Waals surface area contributed by atoms with Gasteiger partial charge in [-0.25, -0.2) is 0 Å². The Morgan fingerprint density at radius 3 is 2.60 bits per heavy atom. The molecule has 106 valence electrons. The molecular formula is C17H20ClNS. The Labute approximate surface area is 130 Å². The molecule has 0 aromatic heterocycles. The van der Waals surface area contributed by atoms with E-state index in [9.17, 15) is 0 Å². The van der Waals surface area contributed by atoms with Gasteiger partial charge < -0.3 is 5.73 Å². The number of halogens is 1. The van der Waals surface area contributed by atoms with Crippen molar-refractivity contribution in [3.05, 3.63) is 64.2 Å². The monoisotopic (exact) mass is 305 g/mol. The molecule has 2 N–H and O–H groups in total. The molecule has 0 saturated heterocycles. The van der Waals surface area contributed by atoms with Gasteiger partial charge in [0.2, 0.25) is 0 Å². The molecule has 20 heavy (non-hydrogen) atoms.